The molecule has 23 heavy (non-hydrogen) atoms. The van der Waals surface area contributed by atoms with E-state index in [1.54, 1.807) is 12.1 Å². The van der Waals surface area contributed by atoms with Gasteiger partial charge in [0.1, 0.15) is 5.75 Å². The highest BCUT2D eigenvalue weighted by Crippen LogP contribution is 2.25. The summed E-state index contributed by atoms with van der Waals surface area (Å²) in [7, 11) is 0. The van der Waals surface area contributed by atoms with Gasteiger partial charge in [-0.05, 0) is 25.1 Å². The number of H-pyrrole nitrogens is 1. The van der Waals surface area contributed by atoms with Crippen molar-refractivity contribution in [2.24, 2.45) is 5.73 Å². The molecule has 1 aromatic carbocycles. The minimum atomic E-state index is -2.91. The van der Waals surface area contributed by atoms with Crippen LogP contribution in [0.3, 0.4) is 0 Å². The number of rotatable bonds is 7. The van der Waals surface area contributed by atoms with Gasteiger partial charge in [-0.2, -0.15) is 13.9 Å². The average Bonchev–Trinajstić information content (AvgIpc) is 2.96. The Bertz CT molecular complexity index is 637. The van der Waals surface area contributed by atoms with Crippen LogP contribution in [0.15, 0.2) is 30.5 Å². The number of hydrogen-bond acceptors (Lipinski definition) is 4. The Morgan fingerprint density at radius 3 is 2.91 bits per heavy atom. The molecule has 4 N–H and O–H groups in total. The van der Waals surface area contributed by atoms with Crippen molar-refractivity contribution >= 4 is 18.3 Å². The normalized spacial score (nSPS) is 10.3. The third-order valence-electron chi connectivity index (χ3n) is 2.90. The predicted molar refractivity (Wildman–Crippen MR) is 83.9 cm³/mol. The fourth-order valence-corrected chi connectivity index (χ4v) is 1.91. The van der Waals surface area contributed by atoms with Crippen LogP contribution in [0.4, 0.5) is 8.78 Å². The zero-order chi connectivity index (χ0) is 15.9. The molecule has 0 saturated heterocycles. The van der Waals surface area contributed by atoms with Crippen LogP contribution >= 0.6 is 12.4 Å². The van der Waals surface area contributed by atoms with Crippen molar-refractivity contribution in [3.63, 3.8) is 0 Å². The van der Waals surface area contributed by atoms with Crippen LogP contribution in [-0.2, 0) is 0 Å². The van der Waals surface area contributed by atoms with E-state index in [2.05, 4.69) is 20.3 Å². The van der Waals surface area contributed by atoms with Gasteiger partial charge in [-0.25, -0.2) is 0 Å². The number of carbonyl (C=O) groups excluding carboxylic acids is 1. The Morgan fingerprint density at radius 1 is 1.43 bits per heavy atom. The Morgan fingerprint density at radius 2 is 2.22 bits per heavy atom. The van der Waals surface area contributed by atoms with Gasteiger partial charge in [0.15, 0.2) is 0 Å². The lowest BCUT2D eigenvalue weighted by molar-refractivity contribution is -0.0498. The molecule has 1 aromatic heterocycles. The number of amides is 1. The molecule has 0 aliphatic rings. The summed E-state index contributed by atoms with van der Waals surface area (Å²) in [6, 6.07) is 6.05. The first-order valence-corrected chi connectivity index (χ1v) is 6.68. The Balaban J connectivity index is 0.00000264. The highest BCUT2D eigenvalue weighted by atomic mass is 35.5. The van der Waals surface area contributed by atoms with Crippen molar-refractivity contribution in [3.8, 4) is 17.0 Å². The minimum Gasteiger partial charge on any atom is -0.435 e. The van der Waals surface area contributed by atoms with E-state index in [-0.39, 0.29) is 24.1 Å². The van der Waals surface area contributed by atoms with Crippen LogP contribution in [0.25, 0.3) is 11.3 Å². The molecule has 2 rings (SSSR count). The maximum absolute atomic E-state index is 12.3. The number of nitrogens with zero attached hydrogens (tertiary/aromatic N) is 1. The molecule has 6 nitrogen and oxygen atoms in total. The van der Waals surface area contributed by atoms with Crippen LogP contribution < -0.4 is 15.8 Å². The lowest BCUT2D eigenvalue weighted by atomic mass is 10.1. The van der Waals surface area contributed by atoms with Gasteiger partial charge in [-0.3, -0.25) is 9.89 Å². The SMILES string of the molecule is Cl.NCCCNC(=O)c1cn[nH]c1-c1cccc(OC(F)F)c1. The zero-order valence-electron chi connectivity index (χ0n) is 12.1. The fourth-order valence-electron chi connectivity index (χ4n) is 1.91. The summed E-state index contributed by atoms with van der Waals surface area (Å²) in [6.45, 7) is -1.98. The first-order chi connectivity index (χ1) is 10.6. The Hall–Kier alpha value is -2.19. The van der Waals surface area contributed by atoms with Crippen LogP contribution in [0.1, 0.15) is 16.8 Å². The van der Waals surface area contributed by atoms with Gasteiger partial charge in [0.25, 0.3) is 5.91 Å². The van der Waals surface area contributed by atoms with Crippen molar-refractivity contribution in [2.75, 3.05) is 13.1 Å². The second kappa shape index (κ2) is 9.06. The van der Waals surface area contributed by atoms with Gasteiger partial charge in [0.05, 0.1) is 17.5 Å². The molecule has 9 heteroatoms. The summed E-state index contributed by atoms with van der Waals surface area (Å²) in [5.41, 5.74) is 6.65. The standard InChI is InChI=1S/C14H16F2N4O2.ClH/c15-14(16)22-10-4-1-3-9(7-10)12-11(8-19-20-12)13(21)18-6-2-5-17;/h1,3-4,7-8,14H,2,5-6,17H2,(H,18,21)(H,19,20);1H. The lowest BCUT2D eigenvalue weighted by Gasteiger charge is -2.08. The number of carbonyl (C=O) groups is 1. The molecule has 0 spiro atoms. The minimum absolute atomic E-state index is 0. The third kappa shape index (κ3) is 5.19. The number of ether oxygens (including phenoxy) is 1. The maximum atomic E-state index is 12.3. The summed E-state index contributed by atoms with van der Waals surface area (Å²) in [5, 5.41) is 9.25. The van der Waals surface area contributed by atoms with Crippen molar-refractivity contribution in [1.82, 2.24) is 15.5 Å². The Labute approximate surface area is 137 Å². The van der Waals surface area contributed by atoms with Crippen molar-refractivity contribution in [2.45, 2.75) is 13.0 Å². The van der Waals surface area contributed by atoms with Crippen molar-refractivity contribution < 1.29 is 18.3 Å². The molecule has 0 aliphatic heterocycles. The molecular formula is C14H17ClF2N4O2. The molecule has 0 unspecified atom stereocenters. The second-order valence-corrected chi connectivity index (χ2v) is 4.46. The van der Waals surface area contributed by atoms with Crippen LogP contribution in [0.5, 0.6) is 5.75 Å². The third-order valence-corrected chi connectivity index (χ3v) is 2.90. The number of nitrogens with two attached hydrogens (primary N) is 1. The molecule has 1 heterocycles. The highest BCUT2D eigenvalue weighted by Gasteiger charge is 2.15. The number of halogens is 3. The smallest absolute Gasteiger partial charge is 0.387 e. The van der Waals surface area contributed by atoms with Crippen LogP contribution in [-0.4, -0.2) is 35.8 Å². The van der Waals surface area contributed by atoms with Crippen molar-refractivity contribution in [3.05, 3.63) is 36.0 Å². The van der Waals surface area contributed by atoms with E-state index in [1.807, 2.05) is 0 Å². The largest absolute Gasteiger partial charge is 0.435 e. The summed E-state index contributed by atoms with van der Waals surface area (Å²) in [6.07, 6.45) is 2.05. The quantitative estimate of drug-likeness (QED) is 0.670. The van der Waals surface area contributed by atoms with Gasteiger partial charge in [0, 0.05) is 12.1 Å². The molecule has 0 aliphatic carbocycles. The molecule has 0 saturated carbocycles. The van der Waals surface area contributed by atoms with E-state index < -0.39 is 6.61 Å². The number of aromatic amines is 1. The van der Waals surface area contributed by atoms with Crippen LogP contribution in [0.2, 0.25) is 0 Å². The molecule has 1 amide bonds. The van der Waals surface area contributed by atoms with E-state index in [0.29, 0.717) is 36.3 Å². The second-order valence-electron chi connectivity index (χ2n) is 4.46. The lowest BCUT2D eigenvalue weighted by Crippen LogP contribution is -2.26. The number of nitrogens with one attached hydrogen (secondary N) is 2. The summed E-state index contributed by atoms with van der Waals surface area (Å²) >= 11 is 0. The molecule has 2 aromatic rings. The summed E-state index contributed by atoms with van der Waals surface area (Å²) < 4.78 is 28.9. The van der Waals surface area contributed by atoms with E-state index in [4.69, 9.17) is 5.73 Å². The molecule has 0 radical (unpaired) electrons. The van der Waals surface area contributed by atoms with Gasteiger partial charge in [-0.15, -0.1) is 12.4 Å². The number of aromatic nitrogens is 2. The van der Waals surface area contributed by atoms with Gasteiger partial charge >= 0.3 is 6.61 Å². The zero-order valence-corrected chi connectivity index (χ0v) is 12.9. The van der Waals surface area contributed by atoms with Gasteiger partial charge < -0.3 is 15.8 Å². The monoisotopic (exact) mass is 346 g/mol. The van der Waals surface area contributed by atoms with E-state index in [0.717, 1.165) is 0 Å². The Kier molecular flexibility index (Phi) is 7.43. The van der Waals surface area contributed by atoms with E-state index >= 15 is 0 Å². The first-order valence-electron chi connectivity index (χ1n) is 6.68. The summed E-state index contributed by atoms with van der Waals surface area (Å²) in [5.74, 6) is -0.297. The fraction of sp³-hybridized carbons (Fsp3) is 0.286. The predicted octanol–water partition coefficient (Wildman–Crippen LogP) is 2.18. The van der Waals surface area contributed by atoms with Crippen LogP contribution in [0, 0.1) is 0 Å². The number of hydrogen-bond donors (Lipinski definition) is 3. The van der Waals surface area contributed by atoms with Crippen molar-refractivity contribution in [1.29, 1.82) is 0 Å². The number of benzene rings is 1. The number of alkyl halides is 2. The molecule has 0 bridgehead atoms. The maximum Gasteiger partial charge on any atom is 0.387 e. The molecular weight excluding hydrogens is 330 g/mol. The summed E-state index contributed by atoms with van der Waals surface area (Å²) in [4.78, 5) is 12.1. The molecule has 0 atom stereocenters. The molecule has 0 fully saturated rings. The van der Waals surface area contributed by atoms with Gasteiger partial charge in [-0.1, -0.05) is 12.1 Å². The topological polar surface area (TPSA) is 93.0 Å². The first kappa shape index (κ1) is 18.9. The van der Waals surface area contributed by atoms with E-state index in [1.165, 1.54) is 18.3 Å². The van der Waals surface area contributed by atoms with E-state index in [9.17, 15) is 13.6 Å². The van der Waals surface area contributed by atoms with Gasteiger partial charge in [0.2, 0.25) is 0 Å². The highest BCUT2D eigenvalue weighted by molar-refractivity contribution is 5.99. The molecule has 126 valence electrons. The average molecular weight is 347 g/mol.